The predicted molar refractivity (Wildman–Crippen MR) is 82.5 cm³/mol. The molecule has 114 valence electrons. The Bertz CT molecular complexity index is 983. The van der Waals surface area contributed by atoms with Gasteiger partial charge in [0.2, 0.25) is 0 Å². The van der Waals surface area contributed by atoms with Crippen LogP contribution in [0.15, 0.2) is 47.4 Å². The third-order valence-corrected chi connectivity index (χ3v) is 4.42. The molecule has 0 aliphatic rings. The molecule has 0 fully saturated rings. The number of fused-ring (bicyclic) bond motifs is 2. The Morgan fingerprint density at radius 1 is 0.826 bits per heavy atom. The van der Waals surface area contributed by atoms with Crippen molar-refractivity contribution in [2.45, 2.75) is 4.90 Å². The molecule has 0 aliphatic heterocycles. The van der Waals surface area contributed by atoms with E-state index in [0.29, 0.717) is 22.3 Å². The Labute approximate surface area is 146 Å². The van der Waals surface area contributed by atoms with E-state index in [4.69, 9.17) is 9.47 Å². The quantitative estimate of drug-likeness (QED) is 0.383. The molecule has 0 bridgehead atoms. The van der Waals surface area contributed by atoms with Gasteiger partial charge in [-0.2, -0.15) is 0 Å². The standard InChI is InChI=1S/C16H14O5S.Li/c1-20-15-11-5-3-4-6-12(11)16(21-2)14-9-10(22(17,18)19)7-8-13(14)15;/h3-9H,1-2H3,(H,17,18,19);/q;+1/p-1. The molecule has 7 heteroatoms. The normalized spacial score (nSPS) is 11.3. The summed E-state index contributed by atoms with van der Waals surface area (Å²) < 4.78 is 44.7. The first-order chi connectivity index (χ1) is 10.5. The van der Waals surface area contributed by atoms with Crippen LogP contribution in [0.1, 0.15) is 0 Å². The van der Waals surface area contributed by atoms with E-state index in [9.17, 15) is 13.0 Å². The van der Waals surface area contributed by atoms with Crippen molar-refractivity contribution < 1.29 is 41.3 Å². The number of hydrogen-bond acceptors (Lipinski definition) is 5. The Balaban J connectivity index is 0.00000192. The topological polar surface area (TPSA) is 75.7 Å². The maximum absolute atomic E-state index is 11.3. The van der Waals surface area contributed by atoms with E-state index >= 15 is 0 Å². The van der Waals surface area contributed by atoms with E-state index in [2.05, 4.69) is 0 Å². The molecule has 0 heterocycles. The average molecular weight is 324 g/mol. The van der Waals surface area contributed by atoms with Crippen LogP contribution in [0.4, 0.5) is 0 Å². The molecule has 0 spiro atoms. The zero-order chi connectivity index (χ0) is 15.9. The molecule has 0 saturated heterocycles. The molecule has 0 radical (unpaired) electrons. The molecule has 3 aromatic rings. The Morgan fingerprint density at radius 2 is 1.30 bits per heavy atom. The molecule has 0 saturated carbocycles. The van der Waals surface area contributed by atoms with E-state index in [1.54, 1.807) is 13.2 Å². The fourth-order valence-corrected chi connectivity index (χ4v) is 3.17. The number of rotatable bonds is 3. The van der Waals surface area contributed by atoms with Gasteiger partial charge in [-0.25, -0.2) is 8.42 Å². The van der Waals surface area contributed by atoms with Crippen LogP contribution < -0.4 is 28.3 Å². The second-order valence-electron chi connectivity index (χ2n) is 4.77. The van der Waals surface area contributed by atoms with E-state index in [-0.39, 0.29) is 23.8 Å². The summed E-state index contributed by atoms with van der Waals surface area (Å²) in [5, 5.41) is 2.85. The summed E-state index contributed by atoms with van der Waals surface area (Å²) in [5.41, 5.74) is 0. The zero-order valence-electron chi connectivity index (χ0n) is 13.0. The van der Waals surface area contributed by atoms with Crippen LogP contribution in [0.2, 0.25) is 0 Å². The van der Waals surface area contributed by atoms with Gasteiger partial charge in [-0.1, -0.05) is 24.3 Å². The molecule has 0 aliphatic carbocycles. The molecular formula is C16H13LiO5S. The van der Waals surface area contributed by atoms with Crippen LogP contribution in [0.25, 0.3) is 21.5 Å². The number of ether oxygens (including phenoxy) is 2. The summed E-state index contributed by atoms with van der Waals surface area (Å²) in [7, 11) is -1.48. The van der Waals surface area contributed by atoms with Gasteiger partial charge in [0.25, 0.3) is 0 Å². The minimum Gasteiger partial charge on any atom is -0.744 e. The van der Waals surface area contributed by atoms with Gasteiger partial charge in [-0.15, -0.1) is 0 Å². The largest absolute Gasteiger partial charge is 1.00 e. The second-order valence-corrected chi connectivity index (χ2v) is 6.15. The molecule has 0 unspecified atom stereocenters. The van der Waals surface area contributed by atoms with Gasteiger partial charge in [0.1, 0.15) is 21.6 Å². The Hall–Kier alpha value is -1.71. The molecule has 3 aromatic carbocycles. The Morgan fingerprint density at radius 3 is 1.78 bits per heavy atom. The SMILES string of the molecule is COc1c2ccccc2c(OC)c2cc(S(=O)(=O)[O-])ccc12.[Li+]. The van der Waals surface area contributed by atoms with Gasteiger partial charge in [-0.3, -0.25) is 0 Å². The minimum atomic E-state index is -4.54. The molecular weight excluding hydrogens is 311 g/mol. The van der Waals surface area contributed by atoms with Gasteiger partial charge in [0, 0.05) is 21.5 Å². The van der Waals surface area contributed by atoms with Crippen molar-refractivity contribution >= 4 is 31.7 Å². The maximum Gasteiger partial charge on any atom is 1.00 e. The smallest absolute Gasteiger partial charge is 0.744 e. The van der Waals surface area contributed by atoms with Gasteiger partial charge in [-0.05, 0) is 18.2 Å². The van der Waals surface area contributed by atoms with Crippen molar-refractivity contribution in [2.24, 2.45) is 0 Å². The summed E-state index contributed by atoms with van der Waals surface area (Å²) in [4.78, 5) is -0.296. The molecule has 3 rings (SSSR count). The van der Waals surface area contributed by atoms with Crippen LogP contribution in [0.3, 0.4) is 0 Å². The first-order valence-electron chi connectivity index (χ1n) is 6.49. The second kappa shape index (κ2) is 6.42. The predicted octanol–water partition coefficient (Wildman–Crippen LogP) is -0.0817. The van der Waals surface area contributed by atoms with E-state index in [1.165, 1.54) is 19.2 Å². The van der Waals surface area contributed by atoms with Gasteiger partial charge < -0.3 is 14.0 Å². The number of methoxy groups -OCH3 is 2. The van der Waals surface area contributed by atoms with E-state index in [0.717, 1.165) is 10.8 Å². The molecule has 0 N–H and O–H groups in total. The Kier molecular flexibility index (Phi) is 4.92. The summed E-state index contributed by atoms with van der Waals surface area (Å²) in [5.74, 6) is 1.12. The van der Waals surface area contributed by atoms with Crippen LogP contribution >= 0.6 is 0 Å². The number of benzene rings is 3. The molecule has 5 nitrogen and oxygen atoms in total. The van der Waals surface area contributed by atoms with Crippen LogP contribution in [0.5, 0.6) is 11.5 Å². The molecule has 0 atom stereocenters. The van der Waals surface area contributed by atoms with E-state index < -0.39 is 10.1 Å². The fraction of sp³-hybridized carbons (Fsp3) is 0.125. The van der Waals surface area contributed by atoms with Crippen molar-refractivity contribution in [2.75, 3.05) is 14.2 Å². The molecule has 23 heavy (non-hydrogen) atoms. The number of hydrogen-bond donors (Lipinski definition) is 0. The summed E-state index contributed by atoms with van der Waals surface area (Å²) in [6, 6.07) is 11.7. The van der Waals surface area contributed by atoms with Crippen molar-refractivity contribution in [3.05, 3.63) is 42.5 Å². The van der Waals surface area contributed by atoms with Gasteiger partial charge in [0.15, 0.2) is 0 Å². The third kappa shape index (κ3) is 2.91. The zero-order valence-corrected chi connectivity index (χ0v) is 13.8. The summed E-state index contributed by atoms with van der Waals surface area (Å²) in [6.45, 7) is 0. The van der Waals surface area contributed by atoms with Crippen LogP contribution in [-0.4, -0.2) is 27.2 Å². The fourth-order valence-electron chi connectivity index (χ4n) is 2.67. The first-order valence-corrected chi connectivity index (χ1v) is 7.90. The van der Waals surface area contributed by atoms with Crippen molar-refractivity contribution in [3.8, 4) is 11.5 Å². The average Bonchev–Trinajstić information content (AvgIpc) is 2.51. The van der Waals surface area contributed by atoms with Gasteiger partial charge in [0.05, 0.1) is 19.1 Å². The third-order valence-electron chi connectivity index (χ3n) is 3.59. The van der Waals surface area contributed by atoms with Crippen molar-refractivity contribution in [1.82, 2.24) is 0 Å². The molecule has 0 amide bonds. The monoisotopic (exact) mass is 324 g/mol. The molecule has 0 aromatic heterocycles. The summed E-state index contributed by atoms with van der Waals surface area (Å²) >= 11 is 0. The minimum absolute atomic E-state index is 0. The van der Waals surface area contributed by atoms with Gasteiger partial charge >= 0.3 is 18.9 Å². The maximum atomic E-state index is 11.3. The van der Waals surface area contributed by atoms with Crippen LogP contribution in [-0.2, 0) is 10.1 Å². The van der Waals surface area contributed by atoms with Crippen LogP contribution in [0, 0.1) is 0 Å². The van der Waals surface area contributed by atoms with E-state index in [1.807, 2.05) is 24.3 Å². The summed E-state index contributed by atoms with van der Waals surface area (Å²) in [6.07, 6.45) is 0. The van der Waals surface area contributed by atoms with Crippen molar-refractivity contribution in [3.63, 3.8) is 0 Å². The first kappa shape index (κ1) is 17.6. The van der Waals surface area contributed by atoms with Crippen molar-refractivity contribution in [1.29, 1.82) is 0 Å².